The number of amides is 1. The van der Waals surface area contributed by atoms with E-state index in [4.69, 9.17) is 14.6 Å². The van der Waals surface area contributed by atoms with Crippen LogP contribution in [0.5, 0.6) is 11.5 Å². The molecular formula is C14H17NO5. The molecule has 2 rings (SSSR count). The van der Waals surface area contributed by atoms with Gasteiger partial charge in [-0.05, 0) is 18.1 Å². The zero-order valence-electron chi connectivity index (χ0n) is 11.2. The Morgan fingerprint density at radius 1 is 1.25 bits per heavy atom. The van der Waals surface area contributed by atoms with E-state index in [1.165, 1.54) is 0 Å². The molecule has 2 N–H and O–H groups in total. The highest BCUT2D eigenvalue weighted by Gasteiger charge is 2.15. The van der Waals surface area contributed by atoms with Crippen molar-refractivity contribution < 1.29 is 24.2 Å². The fraction of sp³-hybridized carbons (Fsp3) is 0.429. The predicted octanol–water partition coefficient (Wildman–Crippen LogP) is 1.90. The second-order valence-corrected chi connectivity index (χ2v) is 4.81. The highest BCUT2D eigenvalue weighted by molar-refractivity contribution is 5.91. The molecule has 0 aliphatic carbocycles. The largest absolute Gasteiger partial charge is 0.486 e. The highest BCUT2D eigenvalue weighted by Crippen LogP contribution is 2.32. The Bertz CT molecular complexity index is 514. The molecule has 1 amide bonds. The van der Waals surface area contributed by atoms with Gasteiger partial charge in [0.05, 0.1) is 0 Å². The van der Waals surface area contributed by atoms with E-state index in [1.807, 2.05) is 0 Å². The fourth-order valence-electron chi connectivity index (χ4n) is 2.02. The smallest absolute Gasteiger partial charge is 0.303 e. The minimum absolute atomic E-state index is 0.0193. The van der Waals surface area contributed by atoms with E-state index in [0.29, 0.717) is 30.4 Å². The molecular weight excluding hydrogens is 262 g/mol. The van der Waals surface area contributed by atoms with E-state index in [9.17, 15) is 9.59 Å². The van der Waals surface area contributed by atoms with Gasteiger partial charge in [-0.2, -0.15) is 0 Å². The van der Waals surface area contributed by atoms with Gasteiger partial charge in [0.15, 0.2) is 11.5 Å². The Labute approximate surface area is 116 Å². The molecule has 0 spiro atoms. The normalized spacial score (nSPS) is 14.4. The number of ether oxygens (including phenoxy) is 2. The van der Waals surface area contributed by atoms with E-state index >= 15 is 0 Å². The van der Waals surface area contributed by atoms with E-state index in [0.717, 1.165) is 0 Å². The SMILES string of the molecule is CC(CC(=O)O)CC(=O)Nc1ccc2c(c1)OCCO2. The summed E-state index contributed by atoms with van der Waals surface area (Å²) in [4.78, 5) is 22.3. The maximum Gasteiger partial charge on any atom is 0.303 e. The van der Waals surface area contributed by atoms with E-state index in [-0.39, 0.29) is 24.7 Å². The third-order valence-electron chi connectivity index (χ3n) is 2.88. The molecule has 20 heavy (non-hydrogen) atoms. The van der Waals surface area contributed by atoms with Gasteiger partial charge in [-0.25, -0.2) is 0 Å². The zero-order valence-corrected chi connectivity index (χ0v) is 11.2. The van der Waals surface area contributed by atoms with Crippen molar-refractivity contribution >= 4 is 17.6 Å². The third-order valence-corrected chi connectivity index (χ3v) is 2.88. The van der Waals surface area contributed by atoms with Gasteiger partial charge in [0.1, 0.15) is 13.2 Å². The number of nitrogens with one attached hydrogen (secondary N) is 1. The first kappa shape index (κ1) is 14.2. The summed E-state index contributed by atoms with van der Waals surface area (Å²) in [6, 6.07) is 5.17. The minimum Gasteiger partial charge on any atom is -0.486 e. The van der Waals surface area contributed by atoms with Crippen molar-refractivity contribution in [3.05, 3.63) is 18.2 Å². The number of benzene rings is 1. The van der Waals surface area contributed by atoms with Crippen LogP contribution in [0.25, 0.3) is 0 Å². The number of carbonyl (C=O) groups excluding carboxylic acids is 1. The lowest BCUT2D eigenvalue weighted by Crippen LogP contribution is -2.18. The minimum atomic E-state index is -0.898. The maximum atomic E-state index is 11.8. The second kappa shape index (κ2) is 6.27. The first-order chi connectivity index (χ1) is 9.54. The maximum absolute atomic E-state index is 11.8. The Hall–Kier alpha value is -2.24. The molecule has 0 radical (unpaired) electrons. The van der Waals surface area contributed by atoms with E-state index in [1.54, 1.807) is 25.1 Å². The standard InChI is InChI=1S/C14H17NO5/c1-9(7-14(17)18)6-13(16)15-10-2-3-11-12(8-10)20-5-4-19-11/h2-3,8-9H,4-7H2,1H3,(H,15,16)(H,17,18). The molecule has 6 heteroatoms. The van der Waals surface area contributed by atoms with Crippen LogP contribution in [-0.4, -0.2) is 30.2 Å². The van der Waals surface area contributed by atoms with Crippen LogP contribution in [0, 0.1) is 5.92 Å². The Balaban J connectivity index is 1.92. The van der Waals surface area contributed by atoms with Crippen molar-refractivity contribution in [3.63, 3.8) is 0 Å². The van der Waals surface area contributed by atoms with Crippen LogP contribution >= 0.6 is 0 Å². The molecule has 1 aliphatic heterocycles. The molecule has 1 heterocycles. The van der Waals surface area contributed by atoms with Crippen LogP contribution in [0.1, 0.15) is 19.8 Å². The quantitative estimate of drug-likeness (QED) is 0.859. The first-order valence-corrected chi connectivity index (χ1v) is 6.46. The van der Waals surface area contributed by atoms with Crippen LogP contribution in [0.3, 0.4) is 0 Å². The molecule has 0 bridgehead atoms. The summed E-state index contributed by atoms with van der Waals surface area (Å²) in [5.74, 6) is -0.0501. The van der Waals surface area contributed by atoms with Crippen molar-refractivity contribution in [1.82, 2.24) is 0 Å². The topological polar surface area (TPSA) is 84.9 Å². The van der Waals surface area contributed by atoms with Gasteiger partial charge in [0, 0.05) is 24.6 Å². The van der Waals surface area contributed by atoms with Crippen LogP contribution in [0.15, 0.2) is 18.2 Å². The fourth-order valence-corrected chi connectivity index (χ4v) is 2.02. The van der Waals surface area contributed by atoms with Gasteiger partial charge in [-0.1, -0.05) is 6.92 Å². The Kier molecular flexibility index (Phi) is 4.45. The summed E-state index contributed by atoms with van der Waals surface area (Å²) in [5, 5.41) is 11.4. The van der Waals surface area contributed by atoms with Crippen molar-refractivity contribution in [2.75, 3.05) is 18.5 Å². The van der Waals surface area contributed by atoms with Crippen molar-refractivity contribution in [2.45, 2.75) is 19.8 Å². The number of carboxylic acid groups (broad SMARTS) is 1. The zero-order chi connectivity index (χ0) is 14.5. The predicted molar refractivity (Wildman–Crippen MR) is 72.1 cm³/mol. The van der Waals surface area contributed by atoms with E-state index in [2.05, 4.69) is 5.32 Å². The van der Waals surface area contributed by atoms with Crippen molar-refractivity contribution in [1.29, 1.82) is 0 Å². The summed E-state index contributed by atoms with van der Waals surface area (Å²) in [7, 11) is 0. The molecule has 0 aromatic heterocycles. The summed E-state index contributed by atoms with van der Waals surface area (Å²) < 4.78 is 10.8. The number of hydrogen-bond donors (Lipinski definition) is 2. The van der Waals surface area contributed by atoms with Gasteiger partial charge in [-0.3, -0.25) is 9.59 Å². The molecule has 1 aromatic carbocycles. The van der Waals surface area contributed by atoms with Gasteiger partial charge in [0.25, 0.3) is 0 Å². The molecule has 1 aliphatic rings. The van der Waals surface area contributed by atoms with Crippen LogP contribution in [0.2, 0.25) is 0 Å². The van der Waals surface area contributed by atoms with E-state index < -0.39 is 5.97 Å². The summed E-state index contributed by atoms with van der Waals surface area (Å²) >= 11 is 0. The molecule has 1 atom stereocenters. The first-order valence-electron chi connectivity index (χ1n) is 6.46. The average Bonchev–Trinajstić information content (AvgIpc) is 2.37. The molecule has 0 saturated heterocycles. The number of carbonyl (C=O) groups is 2. The molecule has 108 valence electrons. The van der Waals surface area contributed by atoms with Crippen molar-refractivity contribution in [2.24, 2.45) is 5.92 Å². The molecule has 0 fully saturated rings. The number of rotatable bonds is 5. The lowest BCUT2D eigenvalue weighted by atomic mass is 10.0. The number of fused-ring (bicyclic) bond motifs is 1. The monoisotopic (exact) mass is 279 g/mol. The number of carboxylic acids is 1. The lowest BCUT2D eigenvalue weighted by Gasteiger charge is -2.19. The number of anilines is 1. The third kappa shape index (κ3) is 3.88. The van der Waals surface area contributed by atoms with Crippen LogP contribution in [-0.2, 0) is 9.59 Å². The molecule has 1 aromatic rings. The van der Waals surface area contributed by atoms with Gasteiger partial charge < -0.3 is 19.9 Å². The Morgan fingerprint density at radius 3 is 2.65 bits per heavy atom. The number of hydrogen-bond acceptors (Lipinski definition) is 4. The Morgan fingerprint density at radius 2 is 1.95 bits per heavy atom. The lowest BCUT2D eigenvalue weighted by molar-refractivity contribution is -0.138. The summed E-state index contributed by atoms with van der Waals surface area (Å²) in [5.41, 5.74) is 0.613. The van der Waals surface area contributed by atoms with Crippen LogP contribution in [0.4, 0.5) is 5.69 Å². The number of aliphatic carboxylic acids is 1. The van der Waals surface area contributed by atoms with Crippen LogP contribution < -0.4 is 14.8 Å². The van der Waals surface area contributed by atoms with Gasteiger partial charge >= 0.3 is 5.97 Å². The molecule has 6 nitrogen and oxygen atoms in total. The highest BCUT2D eigenvalue weighted by atomic mass is 16.6. The summed E-state index contributed by atoms with van der Waals surface area (Å²) in [6.07, 6.45) is 0.148. The van der Waals surface area contributed by atoms with Gasteiger partial charge in [0.2, 0.25) is 5.91 Å². The average molecular weight is 279 g/mol. The molecule has 1 unspecified atom stereocenters. The second-order valence-electron chi connectivity index (χ2n) is 4.81. The molecule has 0 saturated carbocycles. The van der Waals surface area contributed by atoms with Gasteiger partial charge in [-0.15, -0.1) is 0 Å². The van der Waals surface area contributed by atoms with Crippen molar-refractivity contribution in [3.8, 4) is 11.5 Å². The summed E-state index contributed by atoms with van der Waals surface area (Å²) in [6.45, 7) is 2.74.